The minimum Gasteiger partial charge on any atom is -0.478 e. The summed E-state index contributed by atoms with van der Waals surface area (Å²) in [6.45, 7) is -0.579. The lowest BCUT2D eigenvalue weighted by Crippen LogP contribution is -2.55. The molecule has 7 nitrogen and oxygen atoms in total. The standard InChI is InChI=1S/C20H22O7/c21-10-14-16(22)17(23)18(24)19(27-14)15-12(7-4-8-13(15)20(25)26)9-11-5-2-1-3-6-11/h1-8,14,16-19,21-24H,9-10H2,(H,25,26)/t14-,16-,17+,18-,19+/m1/s1. The van der Waals surface area contributed by atoms with Crippen LogP contribution in [0.1, 0.15) is 33.2 Å². The summed E-state index contributed by atoms with van der Waals surface area (Å²) in [4.78, 5) is 11.8. The van der Waals surface area contributed by atoms with Gasteiger partial charge in [-0.1, -0.05) is 42.5 Å². The van der Waals surface area contributed by atoms with E-state index < -0.39 is 43.1 Å². The van der Waals surface area contributed by atoms with Crippen molar-refractivity contribution in [2.24, 2.45) is 0 Å². The van der Waals surface area contributed by atoms with Gasteiger partial charge in [-0.25, -0.2) is 4.79 Å². The zero-order valence-corrected chi connectivity index (χ0v) is 14.5. The molecule has 0 spiro atoms. The molecule has 27 heavy (non-hydrogen) atoms. The van der Waals surface area contributed by atoms with E-state index >= 15 is 0 Å². The number of ether oxygens (including phenoxy) is 1. The molecule has 0 aromatic heterocycles. The SMILES string of the molecule is O=C(O)c1cccc(Cc2ccccc2)c1[C@@H]1O[C@H](CO)[C@@H](O)[C@H](O)[C@H]1O. The molecule has 0 bridgehead atoms. The monoisotopic (exact) mass is 374 g/mol. The average Bonchev–Trinajstić information content (AvgIpc) is 2.67. The van der Waals surface area contributed by atoms with Crippen LogP contribution in [0.3, 0.4) is 0 Å². The number of carboxylic acid groups (broad SMARTS) is 1. The number of hydrogen-bond acceptors (Lipinski definition) is 6. The van der Waals surface area contributed by atoms with E-state index in [0.717, 1.165) is 5.56 Å². The molecule has 0 saturated carbocycles. The highest BCUT2D eigenvalue weighted by molar-refractivity contribution is 5.90. The molecule has 0 aliphatic carbocycles. The van der Waals surface area contributed by atoms with Crippen LogP contribution in [-0.4, -0.2) is 62.5 Å². The summed E-state index contributed by atoms with van der Waals surface area (Å²) in [6.07, 6.45) is -6.54. The van der Waals surface area contributed by atoms with E-state index in [1.54, 1.807) is 12.1 Å². The van der Waals surface area contributed by atoms with E-state index in [0.29, 0.717) is 12.0 Å². The molecule has 1 aliphatic heterocycles. The average molecular weight is 374 g/mol. The number of rotatable bonds is 5. The Balaban J connectivity index is 2.07. The van der Waals surface area contributed by atoms with Crippen molar-refractivity contribution in [3.8, 4) is 0 Å². The number of carboxylic acids is 1. The normalized spacial score (nSPS) is 28.1. The highest BCUT2D eigenvalue weighted by Gasteiger charge is 2.45. The van der Waals surface area contributed by atoms with Crippen LogP contribution >= 0.6 is 0 Å². The van der Waals surface area contributed by atoms with Gasteiger partial charge in [0.15, 0.2) is 0 Å². The number of aliphatic hydroxyl groups is 4. The van der Waals surface area contributed by atoms with Crippen LogP contribution in [0.4, 0.5) is 0 Å². The molecule has 0 radical (unpaired) electrons. The maximum absolute atomic E-state index is 11.8. The Labute approximate surface area is 156 Å². The fourth-order valence-corrected chi connectivity index (χ4v) is 3.45. The first-order valence-electron chi connectivity index (χ1n) is 8.63. The van der Waals surface area contributed by atoms with E-state index in [2.05, 4.69) is 0 Å². The molecule has 2 aromatic carbocycles. The first-order chi connectivity index (χ1) is 12.9. The first kappa shape index (κ1) is 19.5. The summed E-state index contributed by atoms with van der Waals surface area (Å²) < 4.78 is 5.61. The van der Waals surface area contributed by atoms with E-state index in [1.807, 2.05) is 30.3 Å². The van der Waals surface area contributed by atoms with E-state index in [1.165, 1.54) is 6.07 Å². The largest absolute Gasteiger partial charge is 0.478 e. The molecule has 144 valence electrons. The van der Waals surface area contributed by atoms with Gasteiger partial charge in [0.25, 0.3) is 0 Å². The van der Waals surface area contributed by atoms with Crippen molar-refractivity contribution >= 4 is 5.97 Å². The molecule has 0 unspecified atom stereocenters. The fourth-order valence-electron chi connectivity index (χ4n) is 3.45. The third-order valence-electron chi connectivity index (χ3n) is 4.84. The lowest BCUT2D eigenvalue weighted by Gasteiger charge is -2.41. The van der Waals surface area contributed by atoms with Crippen molar-refractivity contribution in [2.75, 3.05) is 6.61 Å². The molecular weight excluding hydrogens is 352 g/mol. The van der Waals surface area contributed by atoms with E-state index in [-0.39, 0.29) is 11.1 Å². The Bertz CT molecular complexity index is 790. The Hall–Kier alpha value is -2.29. The molecule has 1 aliphatic rings. The Morgan fingerprint density at radius 1 is 0.926 bits per heavy atom. The molecule has 5 N–H and O–H groups in total. The van der Waals surface area contributed by atoms with Crippen LogP contribution in [0.2, 0.25) is 0 Å². The number of benzene rings is 2. The maximum atomic E-state index is 11.8. The first-order valence-corrected chi connectivity index (χ1v) is 8.63. The van der Waals surface area contributed by atoms with Crippen LogP contribution in [-0.2, 0) is 11.2 Å². The van der Waals surface area contributed by atoms with E-state index in [9.17, 15) is 30.3 Å². The molecule has 1 heterocycles. The minimum absolute atomic E-state index is 0.0623. The Kier molecular flexibility index (Phi) is 5.88. The topological polar surface area (TPSA) is 127 Å². The van der Waals surface area contributed by atoms with Crippen molar-refractivity contribution < 1.29 is 35.1 Å². The van der Waals surface area contributed by atoms with Gasteiger partial charge in [-0.2, -0.15) is 0 Å². The molecule has 3 rings (SSSR count). The van der Waals surface area contributed by atoms with Gasteiger partial charge >= 0.3 is 5.97 Å². The van der Waals surface area contributed by atoms with Gasteiger partial charge in [-0.05, 0) is 23.6 Å². The van der Waals surface area contributed by atoms with Crippen molar-refractivity contribution in [3.05, 3.63) is 70.8 Å². The minimum atomic E-state index is -1.58. The number of aliphatic hydroxyl groups excluding tert-OH is 4. The molecule has 1 saturated heterocycles. The van der Waals surface area contributed by atoms with Gasteiger partial charge in [-0.15, -0.1) is 0 Å². The molecule has 1 fully saturated rings. The molecule has 5 atom stereocenters. The summed E-state index contributed by atoms with van der Waals surface area (Å²) in [5.74, 6) is -1.20. The third-order valence-corrected chi connectivity index (χ3v) is 4.84. The zero-order valence-electron chi connectivity index (χ0n) is 14.5. The summed E-state index contributed by atoms with van der Waals surface area (Å²) in [5.41, 5.74) is 1.72. The highest BCUT2D eigenvalue weighted by atomic mass is 16.5. The lowest BCUT2D eigenvalue weighted by molar-refractivity contribution is -0.232. The van der Waals surface area contributed by atoms with Gasteiger partial charge < -0.3 is 30.3 Å². The van der Waals surface area contributed by atoms with Gasteiger partial charge in [0.05, 0.1) is 12.2 Å². The second kappa shape index (κ2) is 8.16. The van der Waals surface area contributed by atoms with Crippen LogP contribution in [0.15, 0.2) is 48.5 Å². The predicted molar refractivity (Wildman–Crippen MR) is 95.4 cm³/mol. The molecule has 2 aromatic rings. The molecule has 7 heteroatoms. The molecular formula is C20H22O7. The van der Waals surface area contributed by atoms with E-state index in [4.69, 9.17) is 4.74 Å². The van der Waals surface area contributed by atoms with Gasteiger partial charge in [0.2, 0.25) is 0 Å². The smallest absolute Gasteiger partial charge is 0.336 e. The second-order valence-electron chi connectivity index (χ2n) is 6.60. The Morgan fingerprint density at radius 3 is 2.26 bits per heavy atom. The van der Waals surface area contributed by atoms with Crippen LogP contribution in [0.5, 0.6) is 0 Å². The number of aromatic carboxylic acids is 1. The van der Waals surface area contributed by atoms with Gasteiger partial charge in [0, 0.05) is 5.56 Å². The van der Waals surface area contributed by atoms with Crippen molar-refractivity contribution in [3.63, 3.8) is 0 Å². The number of hydrogen-bond donors (Lipinski definition) is 5. The Morgan fingerprint density at radius 2 is 1.63 bits per heavy atom. The fraction of sp³-hybridized carbons (Fsp3) is 0.350. The van der Waals surface area contributed by atoms with Gasteiger partial charge in [0.1, 0.15) is 30.5 Å². The lowest BCUT2D eigenvalue weighted by atomic mass is 9.85. The number of carbonyl (C=O) groups is 1. The summed E-state index contributed by atoms with van der Waals surface area (Å²) in [6, 6.07) is 14.1. The highest BCUT2D eigenvalue weighted by Crippen LogP contribution is 2.36. The maximum Gasteiger partial charge on any atom is 0.336 e. The van der Waals surface area contributed by atoms with Crippen LogP contribution < -0.4 is 0 Å². The van der Waals surface area contributed by atoms with Crippen molar-refractivity contribution in [1.29, 1.82) is 0 Å². The van der Waals surface area contributed by atoms with Crippen LogP contribution in [0.25, 0.3) is 0 Å². The van der Waals surface area contributed by atoms with Crippen molar-refractivity contribution in [1.82, 2.24) is 0 Å². The summed E-state index contributed by atoms with van der Waals surface area (Å²) in [7, 11) is 0. The summed E-state index contributed by atoms with van der Waals surface area (Å²) >= 11 is 0. The molecule has 0 amide bonds. The summed E-state index contributed by atoms with van der Waals surface area (Å²) in [5, 5.41) is 49.6. The van der Waals surface area contributed by atoms with Crippen LogP contribution in [0, 0.1) is 0 Å². The quantitative estimate of drug-likeness (QED) is 0.515. The predicted octanol–water partition coefficient (Wildman–Crippen LogP) is 0.490. The third kappa shape index (κ3) is 3.87. The second-order valence-corrected chi connectivity index (χ2v) is 6.60. The van der Waals surface area contributed by atoms with Gasteiger partial charge in [-0.3, -0.25) is 0 Å². The zero-order chi connectivity index (χ0) is 19.6. The van der Waals surface area contributed by atoms with Crippen molar-refractivity contribution in [2.45, 2.75) is 36.9 Å².